The predicted molar refractivity (Wildman–Crippen MR) is 166 cm³/mol. The SMILES string of the molecule is COCC(=O)Nc1ccc(N2C(=S)N[C@@H](c3ccccn3)[C@@H]2c2cc(C)n(-c3ccccc3C(=O)OC)c2C)cc1Cl. The zero-order chi connectivity index (χ0) is 30.0. The van der Waals surface area contributed by atoms with Gasteiger partial charge in [-0.3, -0.25) is 9.78 Å². The summed E-state index contributed by atoms with van der Waals surface area (Å²) in [6, 6.07) is 20.0. The van der Waals surface area contributed by atoms with E-state index in [4.69, 9.17) is 33.3 Å². The molecular weight excluding hydrogens is 574 g/mol. The van der Waals surface area contributed by atoms with Gasteiger partial charge < -0.3 is 29.6 Å². The molecule has 9 nitrogen and oxygen atoms in total. The first-order chi connectivity index (χ1) is 20.2. The molecule has 5 rings (SSSR count). The van der Waals surface area contributed by atoms with E-state index < -0.39 is 5.97 Å². The lowest BCUT2D eigenvalue weighted by molar-refractivity contribution is -0.119. The minimum absolute atomic E-state index is 0.0826. The van der Waals surface area contributed by atoms with Crippen molar-refractivity contribution >= 4 is 52.2 Å². The van der Waals surface area contributed by atoms with E-state index in [9.17, 15) is 9.59 Å². The molecule has 216 valence electrons. The van der Waals surface area contributed by atoms with Crippen molar-refractivity contribution in [3.05, 3.63) is 106 Å². The summed E-state index contributed by atoms with van der Waals surface area (Å²) in [5.41, 5.74) is 6.07. The van der Waals surface area contributed by atoms with E-state index in [1.165, 1.54) is 14.2 Å². The first-order valence-electron chi connectivity index (χ1n) is 13.2. The lowest BCUT2D eigenvalue weighted by Crippen LogP contribution is -2.29. The summed E-state index contributed by atoms with van der Waals surface area (Å²) in [6.45, 7) is 3.94. The number of carbonyl (C=O) groups is 2. The second-order valence-electron chi connectivity index (χ2n) is 9.81. The molecule has 2 atom stereocenters. The number of esters is 1. The van der Waals surface area contributed by atoms with Crippen LogP contribution < -0.4 is 15.5 Å². The Balaban J connectivity index is 1.63. The van der Waals surface area contributed by atoms with E-state index in [-0.39, 0.29) is 24.6 Å². The molecule has 1 aliphatic heterocycles. The highest BCUT2D eigenvalue weighted by Crippen LogP contribution is 2.45. The minimum atomic E-state index is -0.413. The zero-order valence-corrected chi connectivity index (χ0v) is 25.1. The van der Waals surface area contributed by atoms with Crippen LogP contribution in [0.5, 0.6) is 0 Å². The van der Waals surface area contributed by atoms with Crippen molar-refractivity contribution in [2.24, 2.45) is 0 Å². The van der Waals surface area contributed by atoms with Crippen molar-refractivity contribution in [1.82, 2.24) is 14.9 Å². The topological polar surface area (TPSA) is 97.7 Å². The molecule has 42 heavy (non-hydrogen) atoms. The van der Waals surface area contributed by atoms with E-state index in [0.717, 1.165) is 34.0 Å². The number of halogens is 1. The number of amides is 1. The number of benzene rings is 2. The Hall–Kier alpha value is -4.25. The quantitative estimate of drug-likeness (QED) is 0.196. The third-order valence-electron chi connectivity index (χ3n) is 7.22. The fourth-order valence-electron chi connectivity index (χ4n) is 5.43. The van der Waals surface area contributed by atoms with Crippen LogP contribution in [0.3, 0.4) is 0 Å². The summed E-state index contributed by atoms with van der Waals surface area (Å²) in [5.74, 6) is -0.720. The number of para-hydroxylation sites is 1. The molecule has 3 heterocycles. The van der Waals surface area contributed by atoms with Gasteiger partial charge in [0, 0.05) is 30.4 Å². The Bertz CT molecular complexity index is 1660. The average molecular weight is 604 g/mol. The van der Waals surface area contributed by atoms with E-state index in [2.05, 4.69) is 26.3 Å². The van der Waals surface area contributed by atoms with Crippen LogP contribution in [0, 0.1) is 13.8 Å². The van der Waals surface area contributed by atoms with Gasteiger partial charge >= 0.3 is 5.97 Å². The molecule has 0 spiro atoms. The Morgan fingerprint density at radius 1 is 1.07 bits per heavy atom. The summed E-state index contributed by atoms with van der Waals surface area (Å²) in [6.07, 6.45) is 1.75. The second kappa shape index (κ2) is 12.3. The van der Waals surface area contributed by atoms with Crippen molar-refractivity contribution in [1.29, 1.82) is 0 Å². The smallest absolute Gasteiger partial charge is 0.339 e. The van der Waals surface area contributed by atoms with Gasteiger partial charge in [0.1, 0.15) is 6.61 Å². The van der Waals surface area contributed by atoms with E-state index in [0.29, 0.717) is 21.4 Å². The van der Waals surface area contributed by atoms with Crippen LogP contribution in [0.4, 0.5) is 11.4 Å². The van der Waals surface area contributed by atoms with Gasteiger partial charge in [-0.25, -0.2) is 4.79 Å². The maximum absolute atomic E-state index is 12.6. The van der Waals surface area contributed by atoms with Crippen molar-refractivity contribution in [3.63, 3.8) is 0 Å². The molecule has 1 amide bonds. The molecule has 0 unspecified atom stereocenters. The predicted octanol–water partition coefficient (Wildman–Crippen LogP) is 5.69. The highest BCUT2D eigenvalue weighted by molar-refractivity contribution is 7.80. The summed E-state index contributed by atoms with van der Waals surface area (Å²) < 4.78 is 12.0. The third-order valence-corrected chi connectivity index (χ3v) is 7.84. The van der Waals surface area contributed by atoms with Crippen molar-refractivity contribution in [2.45, 2.75) is 25.9 Å². The number of nitrogens with one attached hydrogen (secondary N) is 2. The van der Waals surface area contributed by atoms with Crippen LogP contribution >= 0.6 is 23.8 Å². The molecule has 1 saturated heterocycles. The molecule has 2 aromatic carbocycles. The molecule has 0 radical (unpaired) electrons. The Labute approximate surface area is 254 Å². The number of methoxy groups -OCH3 is 2. The van der Waals surface area contributed by atoms with E-state index in [1.54, 1.807) is 24.4 Å². The number of aromatic nitrogens is 2. The first kappa shape index (κ1) is 29.2. The first-order valence-corrected chi connectivity index (χ1v) is 14.0. The summed E-state index contributed by atoms with van der Waals surface area (Å²) >= 11 is 12.5. The Kier molecular flexibility index (Phi) is 8.58. The molecular formula is C31H30ClN5O4S. The molecule has 4 aromatic rings. The fraction of sp³-hybridized carbons (Fsp3) is 0.226. The number of nitrogens with zero attached hydrogens (tertiary/aromatic N) is 3. The second-order valence-corrected chi connectivity index (χ2v) is 10.6. The standard InChI is InChI=1S/C31H30ClN5O4S/c1-18-15-22(19(2)36(18)26-11-6-5-9-21(26)30(39)41-4)29-28(25-10-7-8-14-33-25)35-31(42)37(29)20-12-13-24(23(32)16-20)34-27(38)17-40-3/h5-16,28-29H,17H2,1-4H3,(H,34,38)(H,35,42)/t28-,29-/m0/s1. The number of ether oxygens (including phenoxy) is 2. The van der Waals surface area contributed by atoms with Gasteiger partial charge in [-0.2, -0.15) is 0 Å². The number of anilines is 2. The summed E-state index contributed by atoms with van der Waals surface area (Å²) in [7, 11) is 2.83. The lowest BCUT2D eigenvalue weighted by Gasteiger charge is -2.28. The Morgan fingerprint density at radius 2 is 1.83 bits per heavy atom. The zero-order valence-electron chi connectivity index (χ0n) is 23.6. The largest absolute Gasteiger partial charge is 0.465 e. The van der Waals surface area contributed by atoms with Crippen LogP contribution in [-0.2, 0) is 14.3 Å². The van der Waals surface area contributed by atoms with Gasteiger partial charge in [0.25, 0.3) is 0 Å². The van der Waals surface area contributed by atoms with Crippen LogP contribution in [-0.4, -0.2) is 47.4 Å². The lowest BCUT2D eigenvalue weighted by atomic mass is 9.96. The molecule has 1 aliphatic rings. The van der Waals surface area contributed by atoms with Crippen LogP contribution in [0.15, 0.2) is 72.9 Å². The maximum Gasteiger partial charge on any atom is 0.339 e. The summed E-state index contributed by atoms with van der Waals surface area (Å²) in [5, 5.41) is 7.09. The van der Waals surface area contributed by atoms with Gasteiger partial charge in [-0.15, -0.1) is 0 Å². The molecule has 0 aliphatic carbocycles. The van der Waals surface area contributed by atoms with Gasteiger partial charge in [-0.1, -0.05) is 29.8 Å². The highest BCUT2D eigenvalue weighted by atomic mass is 35.5. The highest BCUT2D eigenvalue weighted by Gasteiger charge is 2.42. The average Bonchev–Trinajstić information content (AvgIpc) is 3.48. The normalized spacial score (nSPS) is 16.3. The molecule has 1 fully saturated rings. The number of pyridine rings is 1. The van der Waals surface area contributed by atoms with Gasteiger partial charge in [-0.05, 0) is 80.2 Å². The van der Waals surface area contributed by atoms with E-state index in [1.807, 2.05) is 61.2 Å². The summed E-state index contributed by atoms with van der Waals surface area (Å²) in [4.78, 5) is 31.4. The van der Waals surface area contributed by atoms with Crippen LogP contribution in [0.1, 0.15) is 45.1 Å². The molecule has 0 bridgehead atoms. The minimum Gasteiger partial charge on any atom is -0.465 e. The number of thiocarbonyl (C=S) groups is 1. The van der Waals surface area contributed by atoms with Crippen molar-refractivity contribution in [2.75, 3.05) is 31.0 Å². The maximum atomic E-state index is 12.6. The van der Waals surface area contributed by atoms with Gasteiger partial charge in [0.15, 0.2) is 5.11 Å². The van der Waals surface area contributed by atoms with Gasteiger partial charge in [0.05, 0.1) is 46.8 Å². The number of carbonyl (C=O) groups excluding carboxylic acids is 2. The monoisotopic (exact) mass is 603 g/mol. The molecule has 2 N–H and O–H groups in total. The molecule has 0 saturated carbocycles. The number of rotatable bonds is 8. The Morgan fingerprint density at radius 3 is 2.52 bits per heavy atom. The fourth-order valence-corrected chi connectivity index (χ4v) is 6.00. The van der Waals surface area contributed by atoms with Gasteiger partial charge in [0.2, 0.25) is 5.91 Å². The van der Waals surface area contributed by atoms with Crippen LogP contribution in [0.2, 0.25) is 5.02 Å². The van der Waals surface area contributed by atoms with E-state index >= 15 is 0 Å². The number of hydrogen-bond acceptors (Lipinski definition) is 6. The third kappa shape index (κ3) is 5.48. The van der Waals surface area contributed by atoms with Crippen LogP contribution in [0.25, 0.3) is 5.69 Å². The molecule has 11 heteroatoms. The number of aryl methyl sites for hydroxylation is 1. The van der Waals surface area contributed by atoms with Crippen molar-refractivity contribution < 1.29 is 19.1 Å². The number of hydrogen-bond donors (Lipinski definition) is 2. The van der Waals surface area contributed by atoms with Crippen molar-refractivity contribution in [3.8, 4) is 5.69 Å². The molecule has 2 aromatic heterocycles.